The van der Waals surface area contributed by atoms with E-state index >= 15 is 0 Å². The lowest BCUT2D eigenvalue weighted by atomic mass is 10.3. The highest BCUT2D eigenvalue weighted by Crippen LogP contribution is 2.09. The van der Waals surface area contributed by atoms with Gasteiger partial charge in [-0.25, -0.2) is 4.57 Å². The summed E-state index contributed by atoms with van der Waals surface area (Å²) in [6.07, 6.45) is 1.16. The number of hydrogen-bond donors (Lipinski definition) is 0. The van der Waals surface area contributed by atoms with Crippen molar-refractivity contribution in [2.75, 3.05) is 6.61 Å². The lowest BCUT2D eigenvalue weighted by Crippen LogP contribution is -2.26. The molecule has 0 atom stereocenters. The van der Waals surface area contributed by atoms with Gasteiger partial charge < -0.3 is 9.84 Å². The molecule has 5 nitrogen and oxygen atoms in total. The van der Waals surface area contributed by atoms with Crippen molar-refractivity contribution in [3.8, 4) is 0 Å². The Hall–Kier alpha value is -2.04. The SMILES string of the molecule is CCO/C([O-])=N\n1c[n+](C)c2ccccc21. The van der Waals surface area contributed by atoms with Crippen molar-refractivity contribution in [3.05, 3.63) is 30.6 Å². The summed E-state index contributed by atoms with van der Waals surface area (Å²) in [5, 5.41) is 15.1. The Morgan fingerprint density at radius 3 is 3.00 bits per heavy atom. The van der Waals surface area contributed by atoms with Crippen LogP contribution in [0.5, 0.6) is 0 Å². The summed E-state index contributed by atoms with van der Waals surface area (Å²) in [6.45, 7) is 2.08. The first-order valence-corrected chi connectivity index (χ1v) is 5.07. The van der Waals surface area contributed by atoms with Crippen LogP contribution in [0.3, 0.4) is 0 Å². The van der Waals surface area contributed by atoms with E-state index in [1.54, 1.807) is 13.3 Å². The fourth-order valence-electron chi connectivity index (χ4n) is 1.56. The highest BCUT2D eigenvalue weighted by molar-refractivity contribution is 5.72. The minimum Gasteiger partial charge on any atom is -0.598 e. The van der Waals surface area contributed by atoms with Crippen LogP contribution in [0.1, 0.15) is 6.92 Å². The molecular weight excluding hydrogens is 206 g/mol. The van der Waals surface area contributed by atoms with E-state index in [0.717, 1.165) is 11.0 Å². The predicted molar refractivity (Wildman–Crippen MR) is 57.6 cm³/mol. The molecule has 84 valence electrons. The lowest BCUT2D eigenvalue weighted by molar-refractivity contribution is -0.645. The van der Waals surface area contributed by atoms with Gasteiger partial charge in [0.1, 0.15) is 0 Å². The van der Waals surface area contributed by atoms with Crippen molar-refractivity contribution >= 4 is 17.1 Å². The largest absolute Gasteiger partial charge is 0.598 e. The molecule has 0 aliphatic rings. The van der Waals surface area contributed by atoms with E-state index in [9.17, 15) is 5.11 Å². The zero-order valence-corrected chi connectivity index (χ0v) is 9.25. The molecule has 0 N–H and O–H groups in total. The van der Waals surface area contributed by atoms with Gasteiger partial charge in [0.2, 0.25) is 5.52 Å². The smallest absolute Gasteiger partial charge is 0.270 e. The Balaban J connectivity index is 2.49. The zero-order valence-electron chi connectivity index (χ0n) is 9.25. The van der Waals surface area contributed by atoms with Crippen molar-refractivity contribution < 1.29 is 14.4 Å². The molecule has 2 rings (SSSR count). The molecule has 0 aliphatic carbocycles. The molecule has 0 bridgehead atoms. The Labute approximate surface area is 93.2 Å². The number of nitrogens with zero attached hydrogens (tertiary/aromatic N) is 3. The minimum atomic E-state index is -0.580. The summed E-state index contributed by atoms with van der Waals surface area (Å²) in [5.74, 6) is 0. The number of rotatable bonds is 2. The molecule has 0 radical (unpaired) electrons. The van der Waals surface area contributed by atoms with Crippen LogP contribution in [-0.4, -0.2) is 17.4 Å². The van der Waals surface area contributed by atoms with Gasteiger partial charge in [0, 0.05) is 0 Å². The van der Waals surface area contributed by atoms with E-state index in [0.29, 0.717) is 6.61 Å². The molecule has 0 fully saturated rings. The highest BCUT2D eigenvalue weighted by atomic mass is 16.6. The maximum atomic E-state index is 11.2. The van der Waals surface area contributed by atoms with E-state index < -0.39 is 6.08 Å². The van der Waals surface area contributed by atoms with Crippen molar-refractivity contribution in [2.45, 2.75) is 6.92 Å². The highest BCUT2D eigenvalue weighted by Gasteiger charge is 2.11. The average Bonchev–Trinajstić information content (AvgIpc) is 2.57. The van der Waals surface area contributed by atoms with E-state index in [1.165, 1.54) is 4.68 Å². The standard InChI is InChI=1S/C11H13N3O2/c1-3-16-11(15)12-14-8-13(2)9-6-4-5-7-10(9)14/h4-8H,3H2,1-2H3. The zero-order chi connectivity index (χ0) is 11.5. The third-order valence-corrected chi connectivity index (χ3v) is 2.25. The Kier molecular flexibility index (Phi) is 2.76. The average molecular weight is 219 g/mol. The number of hydrogen-bond acceptors (Lipinski definition) is 3. The van der Waals surface area contributed by atoms with Gasteiger partial charge in [-0.3, -0.25) is 0 Å². The molecule has 0 spiro atoms. The van der Waals surface area contributed by atoms with E-state index in [1.807, 2.05) is 35.9 Å². The molecule has 16 heavy (non-hydrogen) atoms. The second-order valence-corrected chi connectivity index (χ2v) is 3.36. The minimum absolute atomic E-state index is 0.327. The van der Waals surface area contributed by atoms with E-state index in [-0.39, 0.29) is 0 Å². The Bertz CT molecular complexity index is 531. The Morgan fingerprint density at radius 1 is 1.50 bits per heavy atom. The summed E-state index contributed by atoms with van der Waals surface area (Å²) < 4.78 is 8.19. The number of fused-ring (bicyclic) bond motifs is 1. The molecule has 1 heterocycles. The number of ether oxygens (including phenoxy) is 1. The van der Waals surface area contributed by atoms with Crippen molar-refractivity contribution in [2.24, 2.45) is 12.1 Å². The van der Waals surface area contributed by atoms with Crippen LogP contribution in [0, 0.1) is 0 Å². The number of aryl methyl sites for hydroxylation is 1. The van der Waals surface area contributed by atoms with Crippen LogP contribution in [-0.2, 0) is 11.8 Å². The fourth-order valence-corrected chi connectivity index (χ4v) is 1.56. The first-order valence-electron chi connectivity index (χ1n) is 5.07. The number of aromatic nitrogens is 2. The van der Waals surface area contributed by atoms with Gasteiger partial charge >= 0.3 is 0 Å². The van der Waals surface area contributed by atoms with Gasteiger partial charge in [-0.1, -0.05) is 28.8 Å². The van der Waals surface area contributed by atoms with Crippen LogP contribution >= 0.6 is 0 Å². The maximum Gasteiger partial charge on any atom is 0.270 e. The van der Waals surface area contributed by atoms with Crippen LogP contribution in [0.2, 0.25) is 0 Å². The van der Waals surface area contributed by atoms with Gasteiger partial charge in [-0.2, -0.15) is 0 Å². The normalized spacial score (nSPS) is 12.0. The summed E-state index contributed by atoms with van der Waals surface area (Å²) in [6, 6.07) is 7.71. The van der Waals surface area contributed by atoms with Gasteiger partial charge in [-0.05, 0) is 18.7 Å². The first kappa shape index (κ1) is 10.5. The van der Waals surface area contributed by atoms with Crippen molar-refractivity contribution in [1.82, 2.24) is 4.68 Å². The lowest BCUT2D eigenvalue weighted by Gasteiger charge is -2.07. The van der Waals surface area contributed by atoms with Crippen molar-refractivity contribution in [3.63, 3.8) is 0 Å². The number of imidazole rings is 1. The van der Waals surface area contributed by atoms with Gasteiger partial charge in [0.05, 0.1) is 7.05 Å². The molecule has 0 unspecified atom stereocenters. The molecule has 2 aromatic rings. The van der Waals surface area contributed by atoms with Crippen LogP contribution in [0.4, 0.5) is 0 Å². The summed E-state index contributed by atoms with van der Waals surface area (Å²) in [7, 11) is 1.90. The second-order valence-electron chi connectivity index (χ2n) is 3.36. The monoisotopic (exact) mass is 219 g/mol. The molecule has 0 saturated heterocycles. The molecule has 5 heteroatoms. The van der Waals surface area contributed by atoms with Gasteiger partial charge in [-0.15, -0.1) is 0 Å². The number of benzene rings is 1. The first-order chi connectivity index (χ1) is 7.72. The van der Waals surface area contributed by atoms with E-state index in [2.05, 4.69) is 5.10 Å². The molecule has 0 amide bonds. The summed E-state index contributed by atoms with van der Waals surface area (Å²) in [4.78, 5) is 0. The third kappa shape index (κ3) is 1.84. The summed E-state index contributed by atoms with van der Waals surface area (Å²) >= 11 is 0. The van der Waals surface area contributed by atoms with E-state index in [4.69, 9.17) is 4.74 Å². The van der Waals surface area contributed by atoms with Crippen molar-refractivity contribution in [1.29, 1.82) is 0 Å². The molecule has 1 aromatic carbocycles. The predicted octanol–water partition coefficient (Wildman–Crippen LogP) is -0.0183. The van der Waals surface area contributed by atoms with Gasteiger partial charge in [0.15, 0.2) is 11.6 Å². The van der Waals surface area contributed by atoms with Crippen LogP contribution < -0.4 is 9.67 Å². The topological polar surface area (TPSA) is 53.5 Å². The molecule has 1 aromatic heterocycles. The molecule has 0 aliphatic heterocycles. The number of para-hydroxylation sites is 2. The molecular formula is C11H13N3O2. The Morgan fingerprint density at radius 2 is 2.25 bits per heavy atom. The molecule has 0 saturated carbocycles. The third-order valence-electron chi connectivity index (χ3n) is 2.25. The second kappa shape index (κ2) is 4.22. The quantitative estimate of drug-likeness (QED) is 0.405. The fraction of sp³-hybridized carbons (Fsp3) is 0.273. The van der Waals surface area contributed by atoms with Crippen LogP contribution in [0.25, 0.3) is 11.0 Å². The summed E-state index contributed by atoms with van der Waals surface area (Å²) in [5.41, 5.74) is 1.88. The van der Waals surface area contributed by atoms with Crippen LogP contribution in [0.15, 0.2) is 35.7 Å². The van der Waals surface area contributed by atoms with Gasteiger partial charge in [0.25, 0.3) is 6.33 Å². The maximum absolute atomic E-state index is 11.2.